The van der Waals surface area contributed by atoms with Gasteiger partial charge in [0.25, 0.3) is 11.8 Å². The summed E-state index contributed by atoms with van der Waals surface area (Å²) in [6.45, 7) is 0.485. The van der Waals surface area contributed by atoms with Crippen molar-refractivity contribution < 1.29 is 23.9 Å². The van der Waals surface area contributed by atoms with E-state index in [0.29, 0.717) is 18.5 Å². The van der Waals surface area contributed by atoms with E-state index in [2.05, 4.69) is 20.9 Å². The SMILES string of the molecule is O=C(O)CCCCCCCCCNC(=O)c1cnc(Nc2cc(F)ccc2Cl)c(NC(=O)c2csc3ccccc23)c1. The summed E-state index contributed by atoms with van der Waals surface area (Å²) in [5, 5.41) is 20.3. The van der Waals surface area contributed by atoms with Crippen molar-refractivity contribution in [3.05, 3.63) is 82.1 Å². The molecule has 220 valence electrons. The van der Waals surface area contributed by atoms with Gasteiger partial charge in [-0.2, -0.15) is 0 Å². The second kappa shape index (κ2) is 15.3. The van der Waals surface area contributed by atoms with Gasteiger partial charge in [-0.15, -0.1) is 11.3 Å². The molecule has 2 heterocycles. The van der Waals surface area contributed by atoms with E-state index in [-0.39, 0.29) is 46.0 Å². The summed E-state index contributed by atoms with van der Waals surface area (Å²) in [4.78, 5) is 41.1. The maximum Gasteiger partial charge on any atom is 0.303 e. The Morgan fingerprint density at radius 1 is 0.905 bits per heavy atom. The number of aliphatic carboxylic acids is 1. The number of benzene rings is 2. The summed E-state index contributed by atoms with van der Waals surface area (Å²) in [5.41, 5.74) is 1.25. The molecule has 0 spiro atoms. The van der Waals surface area contributed by atoms with Crippen molar-refractivity contribution in [1.82, 2.24) is 10.3 Å². The molecule has 11 heteroatoms. The van der Waals surface area contributed by atoms with Crippen molar-refractivity contribution in [1.29, 1.82) is 0 Å². The zero-order chi connectivity index (χ0) is 29.9. The molecule has 0 atom stereocenters. The number of hydrogen-bond acceptors (Lipinski definition) is 6. The van der Waals surface area contributed by atoms with Crippen molar-refractivity contribution in [2.45, 2.75) is 51.4 Å². The number of unbranched alkanes of at least 4 members (excludes halogenated alkanes) is 6. The maximum absolute atomic E-state index is 13.9. The van der Waals surface area contributed by atoms with Crippen LogP contribution in [0.15, 0.2) is 60.1 Å². The van der Waals surface area contributed by atoms with E-state index in [0.717, 1.165) is 48.6 Å². The fraction of sp³-hybridized carbons (Fsp3) is 0.290. The summed E-state index contributed by atoms with van der Waals surface area (Å²) in [7, 11) is 0. The number of carboxylic acids is 1. The molecule has 0 aliphatic heterocycles. The second-order valence-electron chi connectivity index (χ2n) is 9.84. The number of halogens is 2. The van der Waals surface area contributed by atoms with Crippen molar-refractivity contribution in [3.8, 4) is 0 Å². The van der Waals surface area contributed by atoms with Crippen molar-refractivity contribution >= 4 is 68.0 Å². The van der Waals surface area contributed by atoms with E-state index < -0.39 is 11.8 Å². The Bertz CT molecular complexity index is 1560. The van der Waals surface area contributed by atoms with Crippen LogP contribution in [0.2, 0.25) is 5.02 Å². The molecule has 0 saturated heterocycles. The van der Waals surface area contributed by atoms with Gasteiger partial charge in [-0.05, 0) is 43.2 Å². The Morgan fingerprint density at radius 3 is 2.43 bits per heavy atom. The van der Waals surface area contributed by atoms with Gasteiger partial charge in [0, 0.05) is 34.6 Å². The minimum atomic E-state index is -0.756. The lowest BCUT2D eigenvalue weighted by Crippen LogP contribution is -2.25. The number of carbonyl (C=O) groups is 3. The van der Waals surface area contributed by atoms with Gasteiger partial charge >= 0.3 is 5.97 Å². The lowest BCUT2D eigenvalue weighted by molar-refractivity contribution is -0.137. The zero-order valence-electron chi connectivity index (χ0n) is 22.9. The van der Waals surface area contributed by atoms with Crippen LogP contribution in [0.5, 0.6) is 0 Å². The van der Waals surface area contributed by atoms with Gasteiger partial charge in [0.05, 0.1) is 27.5 Å². The number of pyridine rings is 1. The summed E-state index contributed by atoms with van der Waals surface area (Å²) in [6.07, 6.45) is 8.02. The number of nitrogens with zero attached hydrogens (tertiary/aromatic N) is 1. The van der Waals surface area contributed by atoms with Crippen molar-refractivity contribution in [2.75, 3.05) is 17.2 Å². The quantitative estimate of drug-likeness (QED) is 0.101. The number of carboxylic acid groups (broad SMARTS) is 1. The van der Waals surface area contributed by atoms with Gasteiger partial charge in [-0.3, -0.25) is 14.4 Å². The summed E-state index contributed by atoms with van der Waals surface area (Å²) >= 11 is 7.70. The van der Waals surface area contributed by atoms with Crippen LogP contribution in [0.3, 0.4) is 0 Å². The van der Waals surface area contributed by atoms with E-state index in [4.69, 9.17) is 16.7 Å². The highest BCUT2D eigenvalue weighted by atomic mass is 35.5. The molecule has 2 aromatic carbocycles. The minimum Gasteiger partial charge on any atom is -0.481 e. The molecule has 0 fully saturated rings. The Labute approximate surface area is 252 Å². The number of anilines is 3. The van der Waals surface area contributed by atoms with Crippen LogP contribution in [0.1, 0.15) is 72.1 Å². The molecule has 0 unspecified atom stereocenters. The van der Waals surface area contributed by atoms with E-state index in [1.165, 1.54) is 41.8 Å². The average Bonchev–Trinajstić information content (AvgIpc) is 3.41. The molecule has 0 aliphatic rings. The molecule has 2 amide bonds. The molecular formula is C31H32ClFN4O4S. The number of carbonyl (C=O) groups excluding carboxylic acids is 2. The van der Waals surface area contributed by atoms with E-state index in [1.54, 1.807) is 5.38 Å². The van der Waals surface area contributed by atoms with Crippen molar-refractivity contribution in [3.63, 3.8) is 0 Å². The fourth-order valence-electron chi connectivity index (χ4n) is 4.44. The van der Waals surface area contributed by atoms with E-state index in [1.807, 2.05) is 24.3 Å². The first-order chi connectivity index (χ1) is 20.3. The van der Waals surface area contributed by atoms with Gasteiger partial charge in [-0.1, -0.05) is 61.9 Å². The lowest BCUT2D eigenvalue weighted by atomic mass is 10.1. The number of rotatable bonds is 15. The van der Waals surface area contributed by atoms with Crippen LogP contribution < -0.4 is 16.0 Å². The fourth-order valence-corrected chi connectivity index (χ4v) is 5.54. The molecule has 42 heavy (non-hydrogen) atoms. The van der Waals surface area contributed by atoms with Crippen LogP contribution in [0, 0.1) is 5.82 Å². The Kier molecular flexibility index (Phi) is 11.2. The number of aromatic nitrogens is 1. The number of thiophene rings is 1. The third kappa shape index (κ3) is 8.74. The van der Waals surface area contributed by atoms with Crippen LogP contribution in [0.25, 0.3) is 10.1 Å². The lowest BCUT2D eigenvalue weighted by Gasteiger charge is -2.15. The number of fused-ring (bicyclic) bond motifs is 1. The number of nitrogens with one attached hydrogen (secondary N) is 3. The average molecular weight is 611 g/mol. The Morgan fingerprint density at radius 2 is 1.64 bits per heavy atom. The largest absolute Gasteiger partial charge is 0.481 e. The highest BCUT2D eigenvalue weighted by Crippen LogP contribution is 2.31. The predicted molar refractivity (Wildman–Crippen MR) is 166 cm³/mol. The van der Waals surface area contributed by atoms with E-state index >= 15 is 0 Å². The molecular weight excluding hydrogens is 579 g/mol. The summed E-state index contributed by atoms with van der Waals surface area (Å²) < 4.78 is 14.9. The molecule has 0 saturated carbocycles. The molecule has 0 bridgehead atoms. The normalized spacial score (nSPS) is 10.9. The Balaban J connectivity index is 1.40. The van der Waals surface area contributed by atoms with Crippen LogP contribution in [-0.2, 0) is 4.79 Å². The molecule has 4 rings (SSSR count). The highest BCUT2D eigenvalue weighted by Gasteiger charge is 2.18. The molecule has 2 aromatic heterocycles. The van der Waals surface area contributed by atoms with Gasteiger partial charge < -0.3 is 21.1 Å². The highest BCUT2D eigenvalue weighted by molar-refractivity contribution is 7.17. The first-order valence-corrected chi connectivity index (χ1v) is 15.1. The van der Waals surface area contributed by atoms with Gasteiger partial charge in [0.2, 0.25) is 0 Å². The van der Waals surface area contributed by atoms with Crippen molar-refractivity contribution in [2.24, 2.45) is 0 Å². The third-order valence-electron chi connectivity index (χ3n) is 6.66. The van der Waals surface area contributed by atoms with Gasteiger partial charge in [0.15, 0.2) is 5.82 Å². The van der Waals surface area contributed by atoms with Crippen LogP contribution in [0.4, 0.5) is 21.6 Å². The minimum absolute atomic E-state index is 0.204. The zero-order valence-corrected chi connectivity index (χ0v) is 24.5. The predicted octanol–water partition coefficient (Wildman–Crippen LogP) is 8.02. The van der Waals surface area contributed by atoms with E-state index in [9.17, 15) is 18.8 Å². The number of amides is 2. The monoisotopic (exact) mass is 610 g/mol. The smallest absolute Gasteiger partial charge is 0.303 e. The second-order valence-corrected chi connectivity index (χ2v) is 11.2. The first kappa shape index (κ1) is 30.9. The molecule has 4 N–H and O–H groups in total. The van der Waals surface area contributed by atoms with Gasteiger partial charge in [0.1, 0.15) is 5.82 Å². The third-order valence-corrected chi connectivity index (χ3v) is 7.95. The molecule has 0 aliphatic carbocycles. The van der Waals surface area contributed by atoms with Crippen LogP contribution >= 0.6 is 22.9 Å². The Hall–Kier alpha value is -4.02. The standard InChI is InChI=1S/C31H32ClFN4O4S/c32-24-14-13-21(33)17-25(24)36-29-26(37-31(41)23-19-42-27-11-8-7-10-22(23)27)16-20(18-35-29)30(40)34-15-9-5-3-1-2-4-6-12-28(38)39/h7-8,10-11,13-14,16-19H,1-6,9,12,15H2,(H,34,40)(H,35,36)(H,37,41)(H,38,39). The van der Waals surface area contributed by atoms with Gasteiger partial charge in [-0.25, -0.2) is 9.37 Å². The topological polar surface area (TPSA) is 120 Å². The summed E-state index contributed by atoms with van der Waals surface area (Å²) in [5.74, 6) is -1.75. The van der Waals surface area contributed by atoms with Crippen LogP contribution in [-0.4, -0.2) is 34.4 Å². The maximum atomic E-state index is 13.9. The summed E-state index contributed by atoms with van der Waals surface area (Å²) in [6, 6.07) is 13.0. The molecule has 0 radical (unpaired) electrons. The molecule has 4 aromatic rings. The number of hydrogen-bond donors (Lipinski definition) is 4. The molecule has 8 nitrogen and oxygen atoms in total. The first-order valence-electron chi connectivity index (χ1n) is 13.8.